The Kier molecular flexibility index (Phi) is 3.08. The molecular formula is C20H17NO. The lowest BCUT2D eigenvalue weighted by Crippen LogP contribution is -2.12. The number of fused-ring (bicyclic) bond motifs is 5. The van der Waals surface area contributed by atoms with Crippen LogP contribution in [0.5, 0.6) is 0 Å². The average Bonchev–Trinajstić information content (AvgIpc) is 2.88. The molecular weight excluding hydrogens is 270 g/mol. The molecule has 0 spiro atoms. The fraction of sp³-hybridized carbons (Fsp3) is 0.300. The van der Waals surface area contributed by atoms with Crippen molar-refractivity contribution in [3.05, 3.63) is 70.3 Å². The molecule has 2 aliphatic carbocycles. The van der Waals surface area contributed by atoms with Gasteiger partial charge in [0.1, 0.15) is 0 Å². The third-order valence-electron chi connectivity index (χ3n) is 5.19. The molecule has 0 aliphatic heterocycles. The maximum Gasteiger partial charge on any atom is 0.193 e. The first-order chi connectivity index (χ1) is 10.8. The summed E-state index contributed by atoms with van der Waals surface area (Å²) in [5.41, 5.74) is 4.77. The number of carbonyl (C=O) groups excluding carboxylic acids is 1. The number of hydrogen-bond acceptors (Lipinski definition) is 2. The Morgan fingerprint density at radius 3 is 2.45 bits per heavy atom. The Balaban J connectivity index is 1.71. The average molecular weight is 287 g/mol. The molecule has 0 amide bonds. The number of hydrogen-bond donors (Lipinski definition) is 0. The fourth-order valence-electron chi connectivity index (χ4n) is 4.08. The smallest absolute Gasteiger partial charge is 0.193 e. The highest BCUT2D eigenvalue weighted by Gasteiger charge is 2.35. The molecule has 0 radical (unpaired) electrons. The van der Waals surface area contributed by atoms with E-state index in [1.54, 1.807) is 24.3 Å². The van der Waals surface area contributed by atoms with Crippen LogP contribution < -0.4 is 0 Å². The molecule has 2 aromatic carbocycles. The number of benzene rings is 2. The molecule has 1 saturated carbocycles. The summed E-state index contributed by atoms with van der Waals surface area (Å²) in [7, 11) is 0. The van der Waals surface area contributed by atoms with Crippen LogP contribution in [0.3, 0.4) is 0 Å². The van der Waals surface area contributed by atoms with E-state index in [-0.39, 0.29) is 5.78 Å². The lowest BCUT2D eigenvalue weighted by atomic mass is 9.77. The van der Waals surface area contributed by atoms with Gasteiger partial charge in [-0.3, -0.25) is 4.79 Å². The summed E-state index contributed by atoms with van der Waals surface area (Å²) in [4.78, 5) is 12.8. The van der Waals surface area contributed by atoms with Gasteiger partial charge in [0.15, 0.2) is 5.78 Å². The van der Waals surface area contributed by atoms with Gasteiger partial charge in [-0.25, -0.2) is 0 Å². The van der Waals surface area contributed by atoms with Gasteiger partial charge in [0.05, 0.1) is 11.6 Å². The van der Waals surface area contributed by atoms with Crippen LogP contribution in [0, 0.1) is 11.3 Å². The topological polar surface area (TPSA) is 40.9 Å². The molecule has 0 N–H and O–H groups in total. The normalized spacial score (nSPS) is 22.0. The van der Waals surface area contributed by atoms with Crippen molar-refractivity contribution < 1.29 is 4.79 Å². The van der Waals surface area contributed by atoms with Crippen LogP contribution in [0.15, 0.2) is 42.5 Å². The van der Waals surface area contributed by atoms with E-state index in [0.29, 0.717) is 23.0 Å². The van der Waals surface area contributed by atoms with Gasteiger partial charge in [-0.15, -0.1) is 0 Å². The van der Waals surface area contributed by atoms with Crippen molar-refractivity contribution in [2.75, 3.05) is 0 Å². The van der Waals surface area contributed by atoms with Crippen LogP contribution in [0.25, 0.3) is 0 Å². The Labute approximate surface area is 130 Å². The molecule has 2 aliphatic rings. The first kappa shape index (κ1) is 13.3. The fourth-order valence-corrected chi connectivity index (χ4v) is 4.08. The molecule has 2 atom stereocenters. The Morgan fingerprint density at radius 1 is 1.00 bits per heavy atom. The molecule has 1 fully saturated rings. The van der Waals surface area contributed by atoms with E-state index in [1.165, 1.54) is 36.8 Å². The number of carbonyl (C=O) groups is 1. The van der Waals surface area contributed by atoms with Crippen molar-refractivity contribution in [2.24, 2.45) is 0 Å². The third kappa shape index (κ3) is 1.97. The van der Waals surface area contributed by atoms with E-state index < -0.39 is 0 Å². The SMILES string of the molecule is N#Cc1ccc(C(=O)c2ccc3cc2C2CCCCC32)cc1. The van der Waals surface area contributed by atoms with Gasteiger partial charge >= 0.3 is 0 Å². The first-order valence-corrected chi connectivity index (χ1v) is 7.96. The van der Waals surface area contributed by atoms with Gasteiger partial charge in [0.25, 0.3) is 0 Å². The van der Waals surface area contributed by atoms with E-state index in [0.717, 1.165) is 5.56 Å². The summed E-state index contributed by atoms with van der Waals surface area (Å²) in [6.45, 7) is 0. The second-order valence-electron chi connectivity index (χ2n) is 6.36. The zero-order chi connectivity index (χ0) is 15.1. The van der Waals surface area contributed by atoms with Gasteiger partial charge in [0.2, 0.25) is 0 Å². The Bertz CT molecular complexity index is 782. The minimum Gasteiger partial charge on any atom is -0.289 e. The van der Waals surface area contributed by atoms with Crippen molar-refractivity contribution in [1.29, 1.82) is 5.26 Å². The molecule has 108 valence electrons. The second kappa shape index (κ2) is 5.10. The van der Waals surface area contributed by atoms with Gasteiger partial charge in [-0.1, -0.05) is 31.0 Å². The van der Waals surface area contributed by atoms with E-state index in [9.17, 15) is 4.79 Å². The highest BCUT2D eigenvalue weighted by atomic mass is 16.1. The maximum absolute atomic E-state index is 12.8. The zero-order valence-corrected chi connectivity index (χ0v) is 12.4. The number of rotatable bonds is 2. The van der Waals surface area contributed by atoms with Crippen molar-refractivity contribution >= 4 is 5.78 Å². The van der Waals surface area contributed by atoms with Gasteiger partial charge in [-0.05, 0) is 60.1 Å². The van der Waals surface area contributed by atoms with Crippen molar-refractivity contribution in [1.82, 2.24) is 0 Å². The van der Waals surface area contributed by atoms with E-state index in [2.05, 4.69) is 18.2 Å². The first-order valence-electron chi connectivity index (χ1n) is 7.96. The highest BCUT2D eigenvalue weighted by Crippen LogP contribution is 2.50. The number of nitriles is 1. The minimum atomic E-state index is 0.0808. The van der Waals surface area contributed by atoms with Gasteiger partial charge in [-0.2, -0.15) is 5.26 Å². The monoisotopic (exact) mass is 287 g/mol. The quantitative estimate of drug-likeness (QED) is 0.761. The van der Waals surface area contributed by atoms with Gasteiger partial charge in [0, 0.05) is 11.1 Å². The summed E-state index contributed by atoms with van der Waals surface area (Å²) >= 11 is 0. The van der Waals surface area contributed by atoms with Crippen molar-refractivity contribution in [3.63, 3.8) is 0 Å². The predicted molar refractivity (Wildman–Crippen MR) is 85.0 cm³/mol. The minimum absolute atomic E-state index is 0.0808. The second-order valence-corrected chi connectivity index (χ2v) is 6.36. The molecule has 22 heavy (non-hydrogen) atoms. The van der Waals surface area contributed by atoms with Crippen LogP contribution in [0.1, 0.15) is 70.1 Å². The lowest BCUT2D eigenvalue weighted by Gasteiger charge is -2.26. The molecule has 0 heterocycles. The standard InChI is InChI=1S/C20H17NO/c21-12-13-5-7-14(8-6-13)20(22)18-10-9-15-11-19(18)17-4-2-1-3-16(15)17/h5-11,16-17H,1-4H2. The number of ketones is 1. The molecule has 2 heteroatoms. The Morgan fingerprint density at radius 2 is 1.73 bits per heavy atom. The van der Waals surface area contributed by atoms with Crippen LogP contribution in [-0.4, -0.2) is 5.78 Å². The summed E-state index contributed by atoms with van der Waals surface area (Å²) in [6, 6.07) is 15.4. The molecule has 2 aromatic rings. The molecule has 2 nitrogen and oxygen atoms in total. The van der Waals surface area contributed by atoms with Crippen LogP contribution in [-0.2, 0) is 0 Å². The van der Waals surface area contributed by atoms with Crippen molar-refractivity contribution in [2.45, 2.75) is 37.5 Å². The summed E-state index contributed by atoms with van der Waals surface area (Å²) in [5.74, 6) is 1.25. The highest BCUT2D eigenvalue weighted by molar-refractivity contribution is 6.10. The Hall–Kier alpha value is -2.40. The summed E-state index contributed by atoms with van der Waals surface area (Å²) < 4.78 is 0. The summed E-state index contributed by atoms with van der Waals surface area (Å²) in [5, 5.41) is 8.87. The van der Waals surface area contributed by atoms with Crippen molar-refractivity contribution in [3.8, 4) is 6.07 Å². The maximum atomic E-state index is 12.8. The molecule has 2 bridgehead atoms. The molecule has 4 rings (SSSR count). The largest absolute Gasteiger partial charge is 0.289 e. The van der Waals surface area contributed by atoms with Crippen LogP contribution in [0.4, 0.5) is 0 Å². The van der Waals surface area contributed by atoms with Crippen LogP contribution >= 0.6 is 0 Å². The summed E-state index contributed by atoms with van der Waals surface area (Å²) in [6.07, 6.45) is 5.02. The molecule has 0 saturated heterocycles. The number of nitrogens with zero attached hydrogens (tertiary/aromatic N) is 1. The zero-order valence-electron chi connectivity index (χ0n) is 12.4. The predicted octanol–water partition coefficient (Wildman–Crippen LogP) is 4.54. The molecule has 0 aromatic heterocycles. The third-order valence-corrected chi connectivity index (χ3v) is 5.19. The van der Waals surface area contributed by atoms with Gasteiger partial charge < -0.3 is 0 Å². The van der Waals surface area contributed by atoms with E-state index >= 15 is 0 Å². The molecule has 2 unspecified atom stereocenters. The van der Waals surface area contributed by atoms with Crippen LogP contribution in [0.2, 0.25) is 0 Å². The van der Waals surface area contributed by atoms with E-state index in [1.807, 2.05) is 6.07 Å². The van der Waals surface area contributed by atoms with E-state index in [4.69, 9.17) is 5.26 Å². The lowest BCUT2D eigenvalue weighted by molar-refractivity contribution is 0.103.